The first-order chi connectivity index (χ1) is 9.72. The first kappa shape index (κ1) is 13.3. The average molecular weight is 270 g/mol. The molecule has 2 heterocycles. The van der Waals surface area contributed by atoms with Gasteiger partial charge in [0.05, 0.1) is 6.33 Å². The van der Waals surface area contributed by atoms with Crippen LogP contribution in [0.4, 0.5) is 0 Å². The lowest BCUT2D eigenvalue weighted by Crippen LogP contribution is -2.33. The molecule has 1 aliphatic heterocycles. The topological polar surface area (TPSA) is 33.1 Å². The first-order valence-corrected chi connectivity index (χ1v) is 7.25. The van der Waals surface area contributed by atoms with Crippen LogP contribution in [0.3, 0.4) is 0 Å². The van der Waals surface area contributed by atoms with Gasteiger partial charge in [0.25, 0.3) is 0 Å². The largest absolute Gasteiger partial charge is 0.306 e. The quantitative estimate of drug-likeness (QED) is 0.925. The minimum atomic E-state index is 0.392. The lowest BCUT2D eigenvalue weighted by atomic mass is 10.1. The molecule has 1 aromatic carbocycles. The molecule has 106 valence electrons. The minimum Gasteiger partial charge on any atom is -0.306 e. The molecule has 0 spiro atoms. The van der Waals surface area contributed by atoms with Crippen molar-refractivity contribution in [1.82, 2.24) is 19.8 Å². The first-order valence-electron chi connectivity index (χ1n) is 7.25. The molecular weight excluding hydrogens is 248 g/mol. The van der Waals surface area contributed by atoms with E-state index in [0.29, 0.717) is 12.1 Å². The Kier molecular flexibility index (Phi) is 3.85. The smallest absolute Gasteiger partial charge is 0.0991 e. The molecule has 2 unspecified atom stereocenters. The number of hydrogen-bond acceptors (Lipinski definition) is 3. The Morgan fingerprint density at radius 1 is 1.30 bits per heavy atom. The van der Waals surface area contributed by atoms with Crippen molar-refractivity contribution in [2.45, 2.75) is 25.4 Å². The molecule has 2 atom stereocenters. The van der Waals surface area contributed by atoms with Gasteiger partial charge in [0.15, 0.2) is 0 Å². The fraction of sp³-hybridized carbons (Fsp3) is 0.438. The SMILES string of the molecule is CC(NC1CCN(C)C1)c1ccc(-n2ccnc2)cc1. The maximum Gasteiger partial charge on any atom is 0.0991 e. The summed E-state index contributed by atoms with van der Waals surface area (Å²) in [7, 11) is 2.19. The molecular formula is C16H22N4. The molecule has 20 heavy (non-hydrogen) atoms. The van der Waals surface area contributed by atoms with Gasteiger partial charge in [0.1, 0.15) is 0 Å². The molecule has 1 aromatic heterocycles. The van der Waals surface area contributed by atoms with Gasteiger partial charge in [-0.1, -0.05) is 12.1 Å². The van der Waals surface area contributed by atoms with Crippen LogP contribution in [-0.4, -0.2) is 40.6 Å². The fourth-order valence-corrected chi connectivity index (χ4v) is 2.87. The molecule has 3 rings (SSSR count). The van der Waals surface area contributed by atoms with Crippen molar-refractivity contribution in [2.24, 2.45) is 0 Å². The normalized spacial score (nSPS) is 21.2. The van der Waals surface area contributed by atoms with Gasteiger partial charge in [-0.05, 0) is 44.6 Å². The summed E-state index contributed by atoms with van der Waals surface area (Å²) >= 11 is 0. The van der Waals surface area contributed by atoms with Crippen LogP contribution in [0.15, 0.2) is 43.0 Å². The van der Waals surface area contributed by atoms with Crippen LogP contribution < -0.4 is 5.32 Å². The predicted octanol–water partition coefficient (Wildman–Crippen LogP) is 2.23. The molecule has 1 N–H and O–H groups in total. The molecule has 4 nitrogen and oxygen atoms in total. The minimum absolute atomic E-state index is 0.392. The summed E-state index contributed by atoms with van der Waals surface area (Å²) in [5.41, 5.74) is 2.49. The molecule has 4 heteroatoms. The standard InChI is InChI=1S/C16H22N4/c1-13(18-15-7-9-19(2)11-15)14-3-5-16(6-4-14)20-10-8-17-12-20/h3-6,8,10,12-13,15,18H,7,9,11H2,1-2H3. The van der Waals surface area contributed by atoms with E-state index in [-0.39, 0.29) is 0 Å². The molecule has 1 saturated heterocycles. The van der Waals surface area contributed by atoms with Crippen LogP contribution in [0.2, 0.25) is 0 Å². The van der Waals surface area contributed by atoms with Gasteiger partial charge in [-0.3, -0.25) is 0 Å². The summed E-state index contributed by atoms with van der Waals surface area (Å²) in [5.74, 6) is 0. The zero-order valence-corrected chi connectivity index (χ0v) is 12.2. The number of likely N-dealkylation sites (N-methyl/N-ethyl adjacent to an activating group) is 1. The van der Waals surface area contributed by atoms with Gasteiger partial charge >= 0.3 is 0 Å². The Balaban J connectivity index is 1.65. The van der Waals surface area contributed by atoms with Gasteiger partial charge in [-0.2, -0.15) is 0 Å². The average Bonchev–Trinajstić information content (AvgIpc) is 3.11. The Bertz CT molecular complexity index is 532. The van der Waals surface area contributed by atoms with Crippen LogP contribution in [-0.2, 0) is 0 Å². The summed E-state index contributed by atoms with van der Waals surface area (Å²) < 4.78 is 2.02. The van der Waals surface area contributed by atoms with E-state index in [2.05, 4.69) is 53.4 Å². The lowest BCUT2D eigenvalue weighted by molar-refractivity contribution is 0.387. The molecule has 0 amide bonds. The summed E-state index contributed by atoms with van der Waals surface area (Å²) in [6.45, 7) is 4.59. The molecule has 2 aromatic rings. The zero-order chi connectivity index (χ0) is 13.9. The van der Waals surface area contributed by atoms with E-state index in [9.17, 15) is 0 Å². The third-order valence-electron chi connectivity index (χ3n) is 4.07. The Morgan fingerprint density at radius 3 is 2.70 bits per heavy atom. The van der Waals surface area contributed by atoms with Crippen LogP contribution in [0.25, 0.3) is 5.69 Å². The Labute approximate surface area is 120 Å². The second kappa shape index (κ2) is 5.77. The number of nitrogens with zero attached hydrogens (tertiary/aromatic N) is 3. The highest BCUT2D eigenvalue weighted by molar-refractivity contribution is 5.35. The maximum absolute atomic E-state index is 4.08. The van der Waals surface area contributed by atoms with Gasteiger partial charge < -0.3 is 14.8 Å². The summed E-state index contributed by atoms with van der Waals surface area (Å²) in [6, 6.07) is 9.70. The number of hydrogen-bond donors (Lipinski definition) is 1. The van der Waals surface area contributed by atoms with E-state index >= 15 is 0 Å². The second-order valence-electron chi connectivity index (χ2n) is 5.70. The molecule has 1 fully saturated rings. The van der Waals surface area contributed by atoms with Gasteiger partial charge in [0, 0.05) is 36.7 Å². The van der Waals surface area contributed by atoms with Gasteiger partial charge in [-0.15, -0.1) is 0 Å². The Hall–Kier alpha value is -1.65. The third kappa shape index (κ3) is 2.92. The third-order valence-corrected chi connectivity index (χ3v) is 4.07. The van der Waals surface area contributed by atoms with E-state index < -0.39 is 0 Å². The second-order valence-corrected chi connectivity index (χ2v) is 5.70. The van der Waals surface area contributed by atoms with Crippen molar-refractivity contribution in [3.8, 4) is 5.69 Å². The number of benzene rings is 1. The molecule has 0 aliphatic carbocycles. The monoisotopic (exact) mass is 270 g/mol. The van der Waals surface area contributed by atoms with E-state index in [1.54, 1.807) is 6.20 Å². The fourth-order valence-electron chi connectivity index (χ4n) is 2.87. The number of aromatic nitrogens is 2. The highest BCUT2D eigenvalue weighted by Gasteiger charge is 2.21. The van der Waals surface area contributed by atoms with Crippen LogP contribution >= 0.6 is 0 Å². The van der Waals surface area contributed by atoms with Crippen molar-refractivity contribution >= 4 is 0 Å². The number of nitrogens with one attached hydrogen (secondary N) is 1. The predicted molar refractivity (Wildman–Crippen MR) is 81.0 cm³/mol. The number of rotatable bonds is 4. The van der Waals surface area contributed by atoms with Crippen molar-refractivity contribution < 1.29 is 0 Å². The summed E-state index contributed by atoms with van der Waals surface area (Å²) in [5, 5.41) is 3.72. The van der Waals surface area contributed by atoms with Crippen molar-refractivity contribution in [3.63, 3.8) is 0 Å². The summed E-state index contributed by atoms with van der Waals surface area (Å²) in [4.78, 5) is 6.46. The highest BCUT2D eigenvalue weighted by Crippen LogP contribution is 2.18. The van der Waals surface area contributed by atoms with Gasteiger partial charge in [-0.25, -0.2) is 4.98 Å². The zero-order valence-electron chi connectivity index (χ0n) is 12.2. The van der Waals surface area contributed by atoms with Crippen molar-refractivity contribution in [1.29, 1.82) is 0 Å². The Morgan fingerprint density at radius 2 is 2.10 bits per heavy atom. The molecule has 0 radical (unpaired) electrons. The van der Waals surface area contributed by atoms with Crippen molar-refractivity contribution in [3.05, 3.63) is 48.5 Å². The van der Waals surface area contributed by atoms with Crippen LogP contribution in [0, 0.1) is 0 Å². The van der Waals surface area contributed by atoms with Crippen LogP contribution in [0.5, 0.6) is 0 Å². The van der Waals surface area contributed by atoms with E-state index in [0.717, 1.165) is 12.2 Å². The van der Waals surface area contributed by atoms with Crippen LogP contribution in [0.1, 0.15) is 24.9 Å². The number of imidazole rings is 1. The van der Waals surface area contributed by atoms with Crippen molar-refractivity contribution in [2.75, 3.05) is 20.1 Å². The molecule has 1 aliphatic rings. The molecule has 0 saturated carbocycles. The maximum atomic E-state index is 4.08. The molecule has 0 bridgehead atoms. The number of likely N-dealkylation sites (tertiary alicyclic amines) is 1. The lowest BCUT2D eigenvalue weighted by Gasteiger charge is -2.20. The van der Waals surface area contributed by atoms with Gasteiger partial charge in [0.2, 0.25) is 0 Å². The highest BCUT2D eigenvalue weighted by atomic mass is 15.2. The van der Waals surface area contributed by atoms with E-state index in [4.69, 9.17) is 0 Å². The van der Waals surface area contributed by atoms with E-state index in [1.807, 2.05) is 17.1 Å². The van der Waals surface area contributed by atoms with E-state index in [1.165, 1.54) is 18.5 Å². The summed E-state index contributed by atoms with van der Waals surface area (Å²) in [6.07, 6.45) is 6.83.